The molecule has 0 amide bonds. The molecule has 8 nitrogen and oxygen atoms in total. The fourth-order valence-electron chi connectivity index (χ4n) is 2.54. The van der Waals surface area contributed by atoms with E-state index in [1.165, 1.54) is 13.0 Å². The lowest BCUT2D eigenvalue weighted by Gasteiger charge is -2.28. The van der Waals surface area contributed by atoms with Crippen LogP contribution >= 0.6 is 11.6 Å². The summed E-state index contributed by atoms with van der Waals surface area (Å²) < 4.78 is 6.72. The van der Waals surface area contributed by atoms with Gasteiger partial charge in [0, 0.05) is 11.1 Å². The second kappa shape index (κ2) is 5.87. The van der Waals surface area contributed by atoms with Gasteiger partial charge in [0.25, 0.3) is 0 Å². The van der Waals surface area contributed by atoms with Gasteiger partial charge < -0.3 is 26.4 Å². The maximum atomic E-state index is 12.1. The molecule has 1 aromatic rings. The first-order valence-electron chi connectivity index (χ1n) is 6.51. The molecule has 1 fully saturated rings. The number of nitrogens with two attached hydrogens (primary N) is 2. The second-order valence-electron chi connectivity index (χ2n) is 5.27. The molecule has 1 unspecified atom stereocenters. The number of aromatic nitrogens is 2. The monoisotopic (exact) mass is 328 g/mol. The molecule has 1 aromatic heterocycles. The van der Waals surface area contributed by atoms with Crippen LogP contribution in [0.4, 0.5) is 5.82 Å². The lowest BCUT2D eigenvalue weighted by atomic mass is 9.90. The van der Waals surface area contributed by atoms with E-state index in [1.54, 1.807) is 6.92 Å². The van der Waals surface area contributed by atoms with Crippen LogP contribution in [-0.4, -0.2) is 43.6 Å². The fraction of sp³-hybridized carbons (Fsp3) is 0.538. The first kappa shape index (κ1) is 16.7. The van der Waals surface area contributed by atoms with E-state index >= 15 is 0 Å². The zero-order valence-corrected chi connectivity index (χ0v) is 12.8. The molecule has 1 aliphatic heterocycles. The summed E-state index contributed by atoms with van der Waals surface area (Å²) in [7, 11) is 0. The van der Waals surface area contributed by atoms with E-state index in [0.717, 1.165) is 4.57 Å². The third-order valence-electron chi connectivity index (χ3n) is 3.64. The van der Waals surface area contributed by atoms with Crippen LogP contribution in [0.3, 0.4) is 0 Å². The minimum absolute atomic E-state index is 0.0513. The van der Waals surface area contributed by atoms with Gasteiger partial charge in [0.2, 0.25) is 0 Å². The highest BCUT2D eigenvalue weighted by molar-refractivity contribution is 6.30. The van der Waals surface area contributed by atoms with Gasteiger partial charge in [0.05, 0.1) is 6.10 Å². The number of hydrogen-bond donors (Lipinski definition) is 4. The maximum absolute atomic E-state index is 12.1. The van der Waals surface area contributed by atoms with E-state index in [-0.39, 0.29) is 5.82 Å². The Hall–Kier alpha value is -1.63. The fourth-order valence-corrected chi connectivity index (χ4v) is 2.70. The third kappa shape index (κ3) is 2.58. The number of rotatable bonds is 2. The Morgan fingerprint density at radius 1 is 1.64 bits per heavy atom. The molecule has 0 aromatic carbocycles. The highest BCUT2D eigenvalue weighted by atomic mass is 35.5. The number of hydrogen-bond acceptors (Lipinski definition) is 7. The molecule has 22 heavy (non-hydrogen) atoms. The molecule has 0 saturated carbocycles. The lowest BCUT2D eigenvalue weighted by Crippen LogP contribution is -2.55. The van der Waals surface area contributed by atoms with Crippen LogP contribution in [0.25, 0.3) is 0 Å². The predicted octanol–water partition coefficient (Wildman–Crippen LogP) is -1.33. The zero-order chi connectivity index (χ0) is 16.7. The van der Waals surface area contributed by atoms with Gasteiger partial charge in [-0.3, -0.25) is 4.57 Å². The summed E-state index contributed by atoms with van der Waals surface area (Å²) in [5, 5.41) is 22.2. The van der Waals surface area contributed by atoms with Crippen LogP contribution in [-0.2, 0) is 4.74 Å². The largest absolute Gasteiger partial charge is 0.391 e. The molecule has 6 N–H and O–H groups in total. The van der Waals surface area contributed by atoms with Crippen molar-refractivity contribution in [1.82, 2.24) is 9.55 Å². The van der Waals surface area contributed by atoms with Crippen LogP contribution in [0.5, 0.6) is 0 Å². The van der Waals surface area contributed by atoms with E-state index in [1.807, 2.05) is 0 Å². The van der Waals surface area contributed by atoms with Crippen LogP contribution in [0.2, 0.25) is 0 Å². The molecule has 0 radical (unpaired) electrons. The molecule has 1 saturated heterocycles. The summed E-state index contributed by atoms with van der Waals surface area (Å²) in [5.41, 5.74) is 9.69. The number of aliphatic hydroxyl groups is 2. The topological polar surface area (TPSA) is 137 Å². The molecule has 5 atom stereocenters. The van der Waals surface area contributed by atoms with Crippen LogP contribution in [0.15, 0.2) is 10.9 Å². The van der Waals surface area contributed by atoms with Crippen molar-refractivity contribution in [3.63, 3.8) is 0 Å². The van der Waals surface area contributed by atoms with Gasteiger partial charge in [-0.05, 0) is 31.5 Å². The Balaban J connectivity index is 2.62. The molecule has 2 rings (SSSR count). The molecule has 0 aliphatic carbocycles. The molecule has 0 spiro atoms. The highest BCUT2D eigenvalue weighted by Crippen LogP contribution is 2.37. The summed E-state index contributed by atoms with van der Waals surface area (Å²) in [4.78, 5) is 15.8. The first-order chi connectivity index (χ1) is 10.2. The number of nitrogen functional groups attached to an aromatic ring is 1. The summed E-state index contributed by atoms with van der Waals surface area (Å²) in [6, 6.07) is 1.46. The van der Waals surface area contributed by atoms with Crippen molar-refractivity contribution in [2.24, 2.45) is 5.73 Å². The van der Waals surface area contributed by atoms with E-state index < -0.39 is 35.8 Å². The molecular formula is C13H17ClN4O4. The SMILES string of the molecule is Cc1cc(N)nc(=O)n1[C@@H]1O[C@H]([C@@H](C)O)[C@H](O)C1(N)C#CCl. The Bertz CT molecular complexity index is 696. The van der Waals surface area contributed by atoms with Gasteiger partial charge in [0.15, 0.2) is 11.8 Å². The summed E-state index contributed by atoms with van der Waals surface area (Å²) in [5.74, 6) is 2.51. The standard InChI is InChI=1S/C13H17ClN4O4/c1-6-5-8(15)17-12(21)18(6)11-13(16,3-4-14)10(20)9(22-11)7(2)19/h5,7,9-11,19-20H,16H2,1-2H3,(H2,15,17,21)/t7-,9-,10+,11-,13?/m1/s1. The number of aryl methyl sites for hydroxylation is 1. The minimum Gasteiger partial charge on any atom is -0.391 e. The van der Waals surface area contributed by atoms with Crippen molar-refractivity contribution in [1.29, 1.82) is 0 Å². The van der Waals surface area contributed by atoms with Gasteiger partial charge in [-0.15, -0.1) is 0 Å². The van der Waals surface area contributed by atoms with Gasteiger partial charge in [0.1, 0.15) is 18.0 Å². The average molecular weight is 329 g/mol. The number of aliphatic hydroxyl groups excluding tert-OH is 2. The molecular weight excluding hydrogens is 312 g/mol. The summed E-state index contributed by atoms with van der Waals surface area (Å²) in [6.45, 7) is 3.04. The molecule has 1 aliphatic rings. The van der Waals surface area contributed by atoms with E-state index in [0.29, 0.717) is 5.69 Å². The summed E-state index contributed by atoms with van der Waals surface area (Å²) >= 11 is 5.43. The molecule has 9 heteroatoms. The van der Waals surface area contributed by atoms with Crippen molar-refractivity contribution in [2.45, 2.75) is 43.9 Å². The van der Waals surface area contributed by atoms with Crippen LogP contribution < -0.4 is 17.2 Å². The smallest absolute Gasteiger partial charge is 0.351 e. The zero-order valence-electron chi connectivity index (χ0n) is 12.0. The van der Waals surface area contributed by atoms with Crippen molar-refractivity contribution in [2.75, 3.05) is 5.73 Å². The average Bonchev–Trinajstić information content (AvgIpc) is 2.63. The van der Waals surface area contributed by atoms with Gasteiger partial charge in [-0.1, -0.05) is 5.92 Å². The molecule has 0 bridgehead atoms. The molecule has 2 heterocycles. The van der Waals surface area contributed by atoms with Crippen LogP contribution in [0, 0.1) is 18.2 Å². The lowest BCUT2D eigenvalue weighted by molar-refractivity contribution is -0.0783. The van der Waals surface area contributed by atoms with E-state index in [9.17, 15) is 15.0 Å². The van der Waals surface area contributed by atoms with Crippen molar-refractivity contribution in [3.05, 3.63) is 22.2 Å². The number of halogens is 1. The van der Waals surface area contributed by atoms with Gasteiger partial charge in [-0.2, -0.15) is 4.98 Å². The first-order valence-corrected chi connectivity index (χ1v) is 6.89. The Kier molecular flexibility index (Phi) is 4.47. The van der Waals surface area contributed by atoms with E-state index in [4.69, 9.17) is 27.8 Å². The van der Waals surface area contributed by atoms with Crippen molar-refractivity contribution >= 4 is 17.4 Å². The van der Waals surface area contributed by atoms with Crippen molar-refractivity contribution < 1.29 is 14.9 Å². The van der Waals surface area contributed by atoms with Gasteiger partial charge in [-0.25, -0.2) is 4.79 Å². The second-order valence-corrected chi connectivity index (χ2v) is 5.45. The van der Waals surface area contributed by atoms with Gasteiger partial charge >= 0.3 is 5.69 Å². The Labute approximate surface area is 131 Å². The van der Waals surface area contributed by atoms with Crippen LogP contribution in [0.1, 0.15) is 18.8 Å². The normalized spacial score (nSPS) is 32.4. The number of nitrogens with zero attached hydrogens (tertiary/aromatic N) is 2. The summed E-state index contributed by atoms with van der Waals surface area (Å²) in [6.07, 6.45) is -4.59. The van der Waals surface area contributed by atoms with Crippen molar-refractivity contribution in [3.8, 4) is 11.3 Å². The van der Waals surface area contributed by atoms with E-state index in [2.05, 4.69) is 16.3 Å². The number of ether oxygens (including phenoxy) is 1. The minimum atomic E-state index is -1.68. The molecule has 120 valence electrons. The Morgan fingerprint density at radius 3 is 2.77 bits per heavy atom. The highest BCUT2D eigenvalue weighted by Gasteiger charge is 2.56. The quantitative estimate of drug-likeness (QED) is 0.494. The predicted molar refractivity (Wildman–Crippen MR) is 79.8 cm³/mol. The Morgan fingerprint density at radius 2 is 2.27 bits per heavy atom. The third-order valence-corrected chi connectivity index (χ3v) is 3.73. The maximum Gasteiger partial charge on any atom is 0.351 e. The number of anilines is 1.